The molecule has 0 N–H and O–H groups in total. The third-order valence-corrected chi connectivity index (χ3v) is 3.07. The molecule has 2 heteroatoms. The van der Waals surface area contributed by atoms with Gasteiger partial charge in [-0.15, -0.1) is 0 Å². The minimum absolute atomic E-state index is 0.420. The summed E-state index contributed by atoms with van der Waals surface area (Å²) in [5, 5.41) is 2.41. The molecule has 15 heavy (non-hydrogen) atoms. The highest BCUT2D eigenvalue weighted by Crippen LogP contribution is 2.19. The van der Waals surface area contributed by atoms with Crippen molar-refractivity contribution in [3.63, 3.8) is 0 Å². The average Bonchev–Trinajstić information content (AvgIpc) is 2.17. The molecule has 0 bridgehead atoms. The highest BCUT2D eigenvalue weighted by Gasteiger charge is 2.01. The first-order valence-corrected chi connectivity index (χ1v) is 5.62. The smallest absolute Gasteiger partial charge is 0.114 e. The van der Waals surface area contributed by atoms with E-state index in [1.54, 1.807) is 0 Å². The second kappa shape index (κ2) is 3.78. The zero-order valence-corrected chi connectivity index (χ0v) is 10.1. The van der Waals surface area contributed by atoms with Gasteiger partial charge in [-0.05, 0) is 32.2 Å². The maximum Gasteiger partial charge on any atom is 0.114 e. The third kappa shape index (κ3) is 1.82. The van der Waals surface area contributed by atoms with Crippen LogP contribution in [-0.4, -0.2) is 4.57 Å². The number of benzene rings is 1. The lowest BCUT2D eigenvalue weighted by atomic mass is 10.1. The highest BCUT2D eigenvalue weighted by atomic mass is 32.1. The van der Waals surface area contributed by atoms with Gasteiger partial charge in [-0.3, -0.25) is 0 Å². The van der Waals surface area contributed by atoms with Crippen LogP contribution in [0.15, 0.2) is 30.5 Å². The summed E-state index contributed by atoms with van der Waals surface area (Å²) in [4.78, 5) is 0. The summed E-state index contributed by atoms with van der Waals surface area (Å²) in [6.07, 6.45) is 2.08. The maximum absolute atomic E-state index is 5.48. The zero-order valence-electron chi connectivity index (χ0n) is 9.32. The number of rotatable bonds is 1. The van der Waals surface area contributed by atoms with E-state index < -0.39 is 0 Å². The summed E-state index contributed by atoms with van der Waals surface area (Å²) < 4.78 is 3.06. The molecule has 1 aromatic heterocycles. The maximum atomic E-state index is 5.48. The summed E-state index contributed by atoms with van der Waals surface area (Å²) in [5.41, 5.74) is 1.28. The first kappa shape index (κ1) is 10.4. The summed E-state index contributed by atoms with van der Waals surface area (Å²) in [6, 6.07) is 8.96. The van der Waals surface area contributed by atoms with Crippen LogP contribution in [0.25, 0.3) is 10.8 Å². The molecule has 2 aromatic rings. The lowest BCUT2D eigenvalue weighted by Gasteiger charge is -2.12. The Kier molecular flexibility index (Phi) is 2.61. The molecule has 0 saturated heterocycles. The van der Waals surface area contributed by atoms with E-state index >= 15 is 0 Å². The van der Waals surface area contributed by atoms with Gasteiger partial charge in [0.05, 0.1) is 0 Å². The van der Waals surface area contributed by atoms with Gasteiger partial charge in [0.25, 0.3) is 0 Å². The van der Waals surface area contributed by atoms with E-state index in [1.165, 1.54) is 16.3 Å². The number of nitrogens with zero attached hydrogens (tertiary/aromatic N) is 1. The zero-order chi connectivity index (χ0) is 11.0. The molecule has 0 radical (unpaired) electrons. The average molecular weight is 217 g/mol. The van der Waals surface area contributed by atoms with Crippen LogP contribution in [0, 0.1) is 11.6 Å². The number of aryl methyl sites for hydroxylation is 1. The standard InChI is InChI=1S/C13H15NS/c1-9(2)14-7-6-11-8-10(3)4-5-12(11)13(14)15/h4-9H,1-3H3. The van der Waals surface area contributed by atoms with Crippen LogP contribution in [0.4, 0.5) is 0 Å². The lowest BCUT2D eigenvalue weighted by molar-refractivity contribution is 0.593. The number of fused-ring (bicyclic) bond motifs is 1. The van der Waals surface area contributed by atoms with E-state index in [2.05, 4.69) is 55.8 Å². The summed E-state index contributed by atoms with van der Waals surface area (Å²) >= 11 is 5.48. The molecule has 78 valence electrons. The van der Waals surface area contributed by atoms with Gasteiger partial charge in [0.1, 0.15) is 4.64 Å². The van der Waals surface area contributed by atoms with E-state index in [0.29, 0.717) is 6.04 Å². The minimum atomic E-state index is 0.420. The first-order chi connectivity index (χ1) is 7.09. The fraction of sp³-hybridized carbons (Fsp3) is 0.308. The first-order valence-electron chi connectivity index (χ1n) is 5.21. The second-order valence-electron chi connectivity index (χ2n) is 4.21. The van der Waals surface area contributed by atoms with Gasteiger partial charge < -0.3 is 4.57 Å². The molecule has 0 aliphatic heterocycles. The van der Waals surface area contributed by atoms with Crippen molar-refractivity contribution in [2.24, 2.45) is 0 Å². The minimum Gasteiger partial charge on any atom is -0.336 e. The summed E-state index contributed by atoms with van der Waals surface area (Å²) in [6.45, 7) is 6.40. The molecule has 2 rings (SSSR count). The Morgan fingerprint density at radius 1 is 1.20 bits per heavy atom. The van der Waals surface area contributed by atoms with E-state index in [9.17, 15) is 0 Å². The van der Waals surface area contributed by atoms with Crippen LogP contribution in [0.3, 0.4) is 0 Å². The van der Waals surface area contributed by atoms with E-state index in [4.69, 9.17) is 12.2 Å². The van der Waals surface area contributed by atoms with Gasteiger partial charge in [0.15, 0.2) is 0 Å². The van der Waals surface area contributed by atoms with E-state index in [-0.39, 0.29) is 0 Å². The van der Waals surface area contributed by atoms with Gasteiger partial charge >= 0.3 is 0 Å². The number of pyridine rings is 1. The molecule has 0 aliphatic rings. The lowest BCUT2D eigenvalue weighted by Crippen LogP contribution is -2.02. The monoisotopic (exact) mass is 217 g/mol. The molecular weight excluding hydrogens is 202 g/mol. The topological polar surface area (TPSA) is 4.93 Å². The van der Waals surface area contributed by atoms with Crippen LogP contribution in [0.5, 0.6) is 0 Å². The van der Waals surface area contributed by atoms with Crippen molar-refractivity contribution < 1.29 is 0 Å². The van der Waals surface area contributed by atoms with Gasteiger partial charge in [0, 0.05) is 17.6 Å². The largest absolute Gasteiger partial charge is 0.336 e. The van der Waals surface area contributed by atoms with Crippen LogP contribution in [-0.2, 0) is 0 Å². The van der Waals surface area contributed by atoms with Crippen molar-refractivity contribution in [2.45, 2.75) is 26.8 Å². The molecule has 1 heterocycles. The van der Waals surface area contributed by atoms with Crippen molar-refractivity contribution in [1.29, 1.82) is 0 Å². The fourth-order valence-corrected chi connectivity index (χ4v) is 2.25. The molecule has 0 amide bonds. The second-order valence-corrected chi connectivity index (χ2v) is 4.60. The van der Waals surface area contributed by atoms with Crippen molar-refractivity contribution >= 4 is 23.0 Å². The Balaban J connectivity index is 2.80. The van der Waals surface area contributed by atoms with E-state index in [0.717, 1.165) is 4.64 Å². The van der Waals surface area contributed by atoms with Gasteiger partial charge in [0.2, 0.25) is 0 Å². The predicted molar refractivity (Wildman–Crippen MR) is 67.9 cm³/mol. The Hall–Kier alpha value is -1.15. The molecule has 1 nitrogen and oxygen atoms in total. The number of hydrogen-bond acceptors (Lipinski definition) is 1. The Morgan fingerprint density at radius 2 is 1.93 bits per heavy atom. The van der Waals surface area contributed by atoms with Crippen LogP contribution in [0.2, 0.25) is 0 Å². The van der Waals surface area contributed by atoms with Gasteiger partial charge in [-0.1, -0.05) is 36.0 Å². The fourth-order valence-electron chi connectivity index (χ4n) is 1.79. The van der Waals surface area contributed by atoms with Crippen molar-refractivity contribution in [3.8, 4) is 0 Å². The van der Waals surface area contributed by atoms with Crippen molar-refractivity contribution in [3.05, 3.63) is 40.7 Å². The van der Waals surface area contributed by atoms with Crippen molar-refractivity contribution in [1.82, 2.24) is 4.57 Å². The van der Waals surface area contributed by atoms with Crippen LogP contribution >= 0.6 is 12.2 Å². The summed E-state index contributed by atoms with van der Waals surface area (Å²) in [7, 11) is 0. The molecule has 0 spiro atoms. The number of aromatic nitrogens is 1. The normalized spacial score (nSPS) is 11.2. The number of hydrogen-bond donors (Lipinski definition) is 0. The molecule has 0 fully saturated rings. The molecule has 0 atom stereocenters. The SMILES string of the molecule is Cc1ccc2c(=S)n(C(C)C)ccc2c1. The van der Waals surface area contributed by atoms with E-state index in [1.807, 2.05) is 0 Å². The summed E-state index contributed by atoms with van der Waals surface area (Å²) in [5.74, 6) is 0. The predicted octanol–water partition coefficient (Wildman–Crippen LogP) is 4.26. The Labute approximate surface area is 95.4 Å². The molecular formula is C13H15NS. The quantitative estimate of drug-likeness (QED) is 0.646. The Morgan fingerprint density at radius 3 is 2.60 bits per heavy atom. The van der Waals surface area contributed by atoms with Crippen LogP contribution < -0.4 is 0 Å². The van der Waals surface area contributed by atoms with Gasteiger partial charge in [-0.25, -0.2) is 0 Å². The Bertz CT molecular complexity index is 552. The molecule has 1 aromatic carbocycles. The van der Waals surface area contributed by atoms with Crippen molar-refractivity contribution in [2.75, 3.05) is 0 Å². The van der Waals surface area contributed by atoms with Crippen LogP contribution in [0.1, 0.15) is 25.5 Å². The van der Waals surface area contributed by atoms with Gasteiger partial charge in [-0.2, -0.15) is 0 Å². The molecule has 0 aliphatic carbocycles. The third-order valence-electron chi connectivity index (χ3n) is 2.64. The highest BCUT2D eigenvalue weighted by molar-refractivity contribution is 7.71. The molecule has 0 saturated carbocycles. The molecule has 0 unspecified atom stereocenters.